The second-order valence-corrected chi connectivity index (χ2v) is 9.99. The van der Waals surface area contributed by atoms with Crippen LogP contribution in [-0.2, 0) is 10.0 Å². The van der Waals surface area contributed by atoms with E-state index in [4.69, 9.17) is 4.74 Å². The van der Waals surface area contributed by atoms with E-state index in [0.717, 1.165) is 23.5 Å². The van der Waals surface area contributed by atoms with Crippen LogP contribution in [0.5, 0.6) is 5.75 Å². The minimum absolute atomic E-state index is 0.0943. The molecule has 1 amide bonds. The molecule has 30 heavy (non-hydrogen) atoms. The van der Waals surface area contributed by atoms with Crippen molar-refractivity contribution in [3.63, 3.8) is 0 Å². The number of rotatable bonds is 6. The van der Waals surface area contributed by atoms with Gasteiger partial charge in [-0.15, -0.1) is 11.3 Å². The number of thiophene rings is 1. The van der Waals surface area contributed by atoms with E-state index in [1.807, 2.05) is 29.2 Å². The lowest BCUT2D eigenvalue weighted by Gasteiger charge is -2.17. The van der Waals surface area contributed by atoms with Crippen LogP contribution in [-0.4, -0.2) is 39.4 Å². The van der Waals surface area contributed by atoms with Gasteiger partial charge in [-0.2, -0.15) is 0 Å². The van der Waals surface area contributed by atoms with Crippen LogP contribution in [0.3, 0.4) is 0 Å². The highest BCUT2D eigenvalue weighted by atomic mass is 32.2. The van der Waals surface area contributed by atoms with Gasteiger partial charge in [-0.25, -0.2) is 8.42 Å². The van der Waals surface area contributed by atoms with E-state index in [2.05, 4.69) is 4.72 Å². The summed E-state index contributed by atoms with van der Waals surface area (Å²) in [4.78, 5) is 14.8. The van der Waals surface area contributed by atoms with Crippen LogP contribution in [0.2, 0.25) is 0 Å². The number of sulfonamides is 1. The Labute approximate surface area is 180 Å². The number of likely N-dealkylation sites (tertiary alicyclic amines) is 1. The van der Waals surface area contributed by atoms with Crippen LogP contribution in [0.1, 0.15) is 28.3 Å². The number of anilines is 1. The summed E-state index contributed by atoms with van der Waals surface area (Å²) in [5.74, 6) is 0.995. The first kappa shape index (κ1) is 20.4. The van der Waals surface area contributed by atoms with E-state index in [1.54, 1.807) is 48.9 Å². The van der Waals surface area contributed by atoms with Gasteiger partial charge in [-0.05, 0) is 53.8 Å². The van der Waals surface area contributed by atoms with Gasteiger partial charge >= 0.3 is 0 Å². The Morgan fingerprint density at radius 2 is 1.93 bits per heavy atom. The maximum Gasteiger partial charge on any atom is 0.271 e. The number of methoxy groups -OCH3 is 1. The van der Waals surface area contributed by atoms with Crippen molar-refractivity contribution in [1.82, 2.24) is 4.90 Å². The second kappa shape index (κ2) is 8.49. The van der Waals surface area contributed by atoms with Gasteiger partial charge in [-0.1, -0.05) is 24.3 Å². The van der Waals surface area contributed by atoms with E-state index in [1.165, 1.54) is 5.56 Å². The average molecular weight is 443 g/mol. The third-order valence-corrected chi connectivity index (χ3v) is 7.96. The normalized spacial score (nSPS) is 16.4. The Morgan fingerprint density at radius 1 is 1.13 bits per heavy atom. The quantitative estimate of drug-likeness (QED) is 0.621. The van der Waals surface area contributed by atoms with Crippen LogP contribution in [0, 0.1) is 0 Å². The van der Waals surface area contributed by atoms with Crippen LogP contribution < -0.4 is 9.46 Å². The molecule has 1 atom stereocenters. The zero-order valence-corrected chi connectivity index (χ0v) is 18.1. The fraction of sp³-hybridized carbons (Fsp3) is 0.227. The van der Waals surface area contributed by atoms with Gasteiger partial charge in [0.2, 0.25) is 0 Å². The molecule has 8 heteroatoms. The van der Waals surface area contributed by atoms with Gasteiger partial charge in [0.05, 0.1) is 7.11 Å². The molecule has 0 saturated carbocycles. The van der Waals surface area contributed by atoms with Crippen molar-refractivity contribution in [1.29, 1.82) is 0 Å². The summed E-state index contributed by atoms with van der Waals surface area (Å²) in [6.07, 6.45) is 0.892. The minimum Gasteiger partial charge on any atom is -0.497 e. The Bertz CT molecular complexity index is 1130. The first-order valence-corrected chi connectivity index (χ1v) is 11.9. The zero-order chi connectivity index (χ0) is 21.1. The number of nitrogens with one attached hydrogen (secondary N) is 1. The van der Waals surface area contributed by atoms with Gasteiger partial charge in [-0.3, -0.25) is 9.52 Å². The molecule has 2 heterocycles. The number of carbonyl (C=O) groups is 1. The number of hydrogen-bond donors (Lipinski definition) is 1. The van der Waals surface area contributed by atoms with Gasteiger partial charge in [0.25, 0.3) is 15.9 Å². The van der Waals surface area contributed by atoms with Gasteiger partial charge in [0, 0.05) is 30.3 Å². The molecule has 1 fully saturated rings. The van der Waals surface area contributed by atoms with Crippen molar-refractivity contribution in [2.24, 2.45) is 0 Å². The van der Waals surface area contributed by atoms with Gasteiger partial charge in [0.15, 0.2) is 0 Å². The lowest BCUT2D eigenvalue weighted by molar-refractivity contribution is 0.0791. The third kappa shape index (κ3) is 4.34. The Kier molecular flexibility index (Phi) is 5.78. The third-order valence-electron chi connectivity index (χ3n) is 5.18. The predicted octanol–water partition coefficient (Wildman–Crippen LogP) is 4.19. The molecule has 2 aromatic carbocycles. The lowest BCUT2D eigenvalue weighted by atomic mass is 9.98. The molecule has 3 aromatic rings. The summed E-state index contributed by atoms with van der Waals surface area (Å²) < 4.78 is 32.9. The molecular formula is C22H22N2O4S2. The monoisotopic (exact) mass is 442 g/mol. The number of hydrogen-bond acceptors (Lipinski definition) is 5. The molecule has 1 unspecified atom stereocenters. The maximum absolute atomic E-state index is 13.0. The van der Waals surface area contributed by atoms with Crippen molar-refractivity contribution in [2.45, 2.75) is 16.5 Å². The summed E-state index contributed by atoms with van der Waals surface area (Å²) in [5.41, 5.74) is 2.03. The van der Waals surface area contributed by atoms with Crippen molar-refractivity contribution >= 4 is 33.0 Å². The highest BCUT2D eigenvalue weighted by Gasteiger charge is 2.28. The molecular weight excluding hydrogens is 420 g/mol. The Hall–Kier alpha value is -2.84. The number of benzene rings is 2. The standard InChI is InChI=1S/C22H22N2O4S2/c1-28-20-9-7-16(8-10-20)18-11-12-24(15-18)22(25)17-4-2-5-19(14-17)23-30(26,27)21-6-3-13-29-21/h2-10,13-14,18,23H,11-12,15H2,1H3. The van der Waals surface area contributed by atoms with Crippen LogP contribution in [0.4, 0.5) is 5.69 Å². The summed E-state index contributed by atoms with van der Waals surface area (Å²) in [6.45, 7) is 1.30. The topological polar surface area (TPSA) is 75.7 Å². The Balaban J connectivity index is 1.45. The summed E-state index contributed by atoms with van der Waals surface area (Å²) in [7, 11) is -2.01. The van der Waals surface area contributed by atoms with E-state index >= 15 is 0 Å². The molecule has 1 saturated heterocycles. The molecule has 156 valence electrons. The lowest BCUT2D eigenvalue weighted by Crippen LogP contribution is -2.28. The fourth-order valence-electron chi connectivity index (χ4n) is 3.61. The molecule has 4 rings (SSSR count). The molecule has 0 radical (unpaired) electrons. The van der Waals surface area contributed by atoms with E-state index in [9.17, 15) is 13.2 Å². The highest BCUT2D eigenvalue weighted by Crippen LogP contribution is 2.30. The van der Waals surface area contributed by atoms with Crippen molar-refractivity contribution in [2.75, 3.05) is 24.9 Å². The zero-order valence-electron chi connectivity index (χ0n) is 16.4. The maximum atomic E-state index is 13.0. The number of ether oxygens (including phenoxy) is 1. The molecule has 0 bridgehead atoms. The summed E-state index contributed by atoms with van der Waals surface area (Å²) in [6, 6.07) is 17.8. The van der Waals surface area contributed by atoms with Crippen molar-refractivity contribution < 1.29 is 17.9 Å². The van der Waals surface area contributed by atoms with E-state index < -0.39 is 10.0 Å². The van der Waals surface area contributed by atoms with Crippen molar-refractivity contribution in [3.8, 4) is 5.75 Å². The van der Waals surface area contributed by atoms with Gasteiger partial charge < -0.3 is 9.64 Å². The van der Waals surface area contributed by atoms with Crippen LogP contribution in [0.15, 0.2) is 70.3 Å². The minimum atomic E-state index is -3.65. The molecule has 0 spiro atoms. The van der Waals surface area contributed by atoms with E-state index in [0.29, 0.717) is 24.3 Å². The molecule has 1 aromatic heterocycles. The SMILES string of the molecule is COc1ccc(C2CCN(C(=O)c3cccc(NS(=O)(=O)c4cccs4)c3)C2)cc1. The fourth-order valence-corrected chi connectivity index (χ4v) is 5.66. The number of nitrogens with zero attached hydrogens (tertiary/aromatic N) is 1. The molecule has 6 nitrogen and oxygen atoms in total. The second-order valence-electron chi connectivity index (χ2n) is 7.13. The van der Waals surface area contributed by atoms with Gasteiger partial charge in [0.1, 0.15) is 9.96 Å². The molecule has 0 aliphatic carbocycles. The van der Waals surface area contributed by atoms with E-state index in [-0.39, 0.29) is 16.0 Å². The van der Waals surface area contributed by atoms with Crippen LogP contribution >= 0.6 is 11.3 Å². The van der Waals surface area contributed by atoms with Crippen molar-refractivity contribution in [3.05, 3.63) is 77.2 Å². The molecule has 1 aliphatic heterocycles. The first-order valence-electron chi connectivity index (χ1n) is 9.56. The summed E-state index contributed by atoms with van der Waals surface area (Å²) in [5, 5.41) is 1.71. The predicted molar refractivity (Wildman–Crippen MR) is 118 cm³/mol. The smallest absolute Gasteiger partial charge is 0.271 e. The number of amides is 1. The number of carbonyl (C=O) groups excluding carboxylic acids is 1. The first-order chi connectivity index (χ1) is 14.5. The van der Waals surface area contributed by atoms with Crippen LogP contribution in [0.25, 0.3) is 0 Å². The Morgan fingerprint density at radius 3 is 2.63 bits per heavy atom. The molecule has 1 aliphatic rings. The highest BCUT2D eigenvalue weighted by molar-refractivity contribution is 7.94. The summed E-state index contributed by atoms with van der Waals surface area (Å²) >= 11 is 1.15. The molecule has 1 N–H and O–H groups in total. The average Bonchev–Trinajstić information content (AvgIpc) is 3.46. The largest absolute Gasteiger partial charge is 0.497 e.